The Hall–Kier alpha value is -2.37. The van der Waals surface area contributed by atoms with Crippen molar-refractivity contribution in [3.8, 4) is 21.8 Å². The molecule has 0 radical (unpaired) electrons. The Morgan fingerprint density at radius 1 is 1.23 bits per heavy atom. The first-order valence-corrected chi connectivity index (χ1v) is 11.7. The highest BCUT2D eigenvalue weighted by atomic mass is 35.5. The number of sulfonamides is 1. The lowest BCUT2D eigenvalue weighted by molar-refractivity contribution is -0.0429. The highest BCUT2D eigenvalue weighted by molar-refractivity contribution is 7.93. The molecule has 166 valence electrons. The lowest BCUT2D eigenvalue weighted by Gasteiger charge is -2.11. The van der Waals surface area contributed by atoms with Gasteiger partial charge in [0.2, 0.25) is 0 Å². The second-order valence-corrected chi connectivity index (χ2v) is 10.0. The van der Waals surface area contributed by atoms with Crippen LogP contribution < -0.4 is 10.3 Å². The smallest absolute Gasteiger partial charge is 0.315 e. The van der Waals surface area contributed by atoms with Gasteiger partial charge in [0, 0.05) is 35.3 Å². The highest BCUT2D eigenvalue weighted by Gasteiger charge is 2.46. The van der Waals surface area contributed by atoms with E-state index in [1.54, 1.807) is 22.2 Å². The maximum Gasteiger partial charge on any atom is 0.516 e. The quantitative estimate of drug-likeness (QED) is 0.513. The fourth-order valence-corrected chi connectivity index (χ4v) is 4.36. The molecule has 3 aromatic rings. The van der Waals surface area contributed by atoms with Crippen molar-refractivity contribution >= 4 is 38.6 Å². The summed E-state index contributed by atoms with van der Waals surface area (Å²) in [5.74, 6) is 0.284. The molecule has 31 heavy (non-hydrogen) atoms. The summed E-state index contributed by atoms with van der Waals surface area (Å²) in [4.78, 5) is 16.5. The normalized spacial score (nSPS) is 12.4. The van der Waals surface area contributed by atoms with Gasteiger partial charge in [-0.05, 0) is 30.2 Å². The molecule has 0 saturated carbocycles. The van der Waals surface area contributed by atoms with E-state index in [2.05, 4.69) is 4.98 Å². The van der Waals surface area contributed by atoms with Crippen molar-refractivity contribution in [2.45, 2.75) is 25.9 Å². The standard InChI is InChI=1S/C19H17ClF3N3O3S2/c1-11(2)8-26-9-12(3-6-17(26)27)18-24-16(10-30-18)14-5-4-13(7-15(14)20)25-31(28,29)19(21,22)23/h3-7,9-11,25H,8H2,1-2H3. The number of alkyl halides is 3. The molecule has 0 aliphatic carbocycles. The molecule has 1 aromatic carbocycles. The summed E-state index contributed by atoms with van der Waals surface area (Å²) in [6.45, 7) is 4.56. The Morgan fingerprint density at radius 2 is 1.94 bits per heavy atom. The first kappa shape index (κ1) is 23.3. The number of hydrogen-bond donors (Lipinski definition) is 1. The van der Waals surface area contributed by atoms with Crippen LogP contribution in [0.25, 0.3) is 21.8 Å². The van der Waals surface area contributed by atoms with Gasteiger partial charge in [-0.3, -0.25) is 9.52 Å². The van der Waals surface area contributed by atoms with Crippen LogP contribution in [0.4, 0.5) is 18.9 Å². The molecule has 3 rings (SSSR count). The zero-order valence-corrected chi connectivity index (χ0v) is 18.7. The average Bonchev–Trinajstić information content (AvgIpc) is 3.12. The molecule has 0 amide bonds. The Morgan fingerprint density at radius 3 is 2.55 bits per heavy atom. The number of rotatable bonds is 6. The molecule has 1 N–H and O–H groups in total. The maximum absolute atomic E-state index is 12.5. The molecule has 0 bridgehead atoms. The molecule has 0 unspecified atom stereocenters. The first-order chi connectivity index (χ1) is 14.4. The molecule has 0 aliphatic rings. The van der Waals surface area contributed by atoms with Crippen LogP contribution in [0.15, 0.2) is 46.7 Å². The van der Waals surface area contributed by atoms with Crippen LogP contribution in [0, 0.1) is 5.92 Å². The maximum atomic E-state index is 12.5. The molecule has 12 heteroatoms. The average molecular weight is 492 g/mol. The fourth-order valence-electron chi connectivity index (χ4n) is 2.72. The molecule has 0 aliphatic heterocycles. The van der Waals surface area contributed by atoms with Gasteiger partial charge in [-0.25, -0.2) is 4.98 Å². The van der Waals surface area contributed by atoms with E-state index in [0.717, 1.165) is 11.6 Å². The van der Waals surface area contributed by atoms with Gasteiger partial charge in [0.25, 0.3) is 5.56 Å². The van der Waals surface area contributed by atoms with Gasteiger partial charge >= 0.3 is 15.5 Å². The second-order valence-electron chi connectivity index (χ2n) is 7.09. The molecule has 0 fully saturated rings. The van der Waals surface area contributed by atoms with Crippen molar-refractivity contribution in [3.63, 3.8) is 0 Å². The van der Waals surface area contributed by atoms with Gasteiger partial charge in [-0.2, -0.15) is 21.6 Å². The largest absolute Gasteiger partial charge is 0.516 e. The number of pyridine rings is 1. The van der Waals surface area contributed by atoms with Crippen molar-refractivity contribution in [2.75, 3.05) is 4.72 Å². The third-order valence-electron chi connectivity index (χ3n) is 4.10. The number of anilines is 1. The van der Waals surface area contributed by atoms with E-state index in [-0.39, 0.29) is 22.2 Å². The zero-order chi connectivity index (χ0) is 23.0. The van der Waals surface area contributed by atoms with Gasteiger partial charge in [-0.1, -0.05) is 25.4 Å². The molecule has 2 aromatic heterocycles. The number of aromatic nitrogens is 2. The fraction of sp³-hybridized carbons (Fsp3) is 0.263. The van der Waals surface area contributed by atoms with Crippen LogP contribution in [0.1, 0.15) is 13.8 Å². The van der Waals surface area contributed by atoms with E-state index < -0.39 is 15.5 Å². The number of benzene rings is 1. The van der Waals surface area contributed by atoms with Crippen molar-refractivity contribution in [3.05, 3.63) is 57.3 Å². The van der Waals surface area contributed by atoms with E-state index >= 15 is 0 Å². The Balaban J connectivity index is 1.89. The number of hydrogen-bond acceptors (Lipinski definition) is 5. The van der Waals surface area contributed by atoms with Crippen LogP contribution in [0.5, 0.6) is 0 Å². The van der Waals surface area contributed by atoms with E-state index in [1.165, 1.54) is 34.3 Å². The minimum absolute atomic E-state index is 0.0315. The molecular formula is C19H17ClF3N3O3S2. The molecular weight excluding hydrogens is 475 g/mol. The van der Waals surface area contributed by atoms with Gasteiger partial charge in [0.1, 0.15) is 5.01 Å². The molecule has 2 heterocycles. The zero-order valence-electron chi connectivity index (χ0n) is 16.3. The van der Waals surface area contributed by atoms with E-state index in [0.29, 0.717) is 22.8 Å². The molecule has 0 saturated heterocycles. The van der Waals surface area contributed by atoms with Crippen molar-refractivity contribution < 1.29 is 21.6 Å². The van der Waals surface area contributed by atoms with Gasteiger partial charge in [0.15, 0.2) is 0 Å². The third-order valence-corrected chi connectivity index (χ3v) is 6.42. The minimum atomic E-state index is -5.54. The predicted molar refractivity (Wildman–Crippen MR) is 116 cm³/mol. The topological polar surface area (TPSA) is 81.1 Å². The summed E-state index contributed by atoms with van der Waals surface area (Å²) >= 11 is 7.48. The van der Waals surface area contributed by atoms with Crippen molar-refractivity contribution in [2.24, 2.45) is 5.92 Å². The van der Waals surface area contributed by atoms with Crippen molar-refractivity contribution in [1.82, 2.24) is 9.55 Å². The summed E-state index contributed by atoms with van der Waals surface area (Å²) in [6, 6.07) is 6.77. The van der Waals surface area contributed by atoms with Crippen LogP contribution in [-0.4, -0.2) is 23.5 Å². The van der Waals surface area contributed by atoms with Gasteiger partial charge in [0.05, 0.1) is 16.4 Å². The van der Waals surface area contributed by atoms with Crippen LogP contribution in [0.3, 0.4) is 0 Å². The summed E-state index contributed by atoms with van der Waals surface area (Å²) in [6.07, 6.45) is 1.72. The van der Waals surface area contributed by atoms with Crippen molar-refractivity contribution in [1.29, 1.82) is 0 Å². The SMILES string of the molecule is CC(C)Cn1cc(-c2nc(-c3ccc(NS(=O)(=O)C(F)(F)F)cc3Cl)cs2)ccc1=O. The molecule has 0 atom stereocenters. The third kappa shape index (κ3) is 5.28. The number of nitrogens with one attached hydrogen (secondary N) is 1. The lowest BCUT2D eigenvalue weighted by atomic mass is 10.1. The van der Waals surface area contributed by atoms with Gasteiger partial charge in [-0.15, -0.1) is 11.3 Å². The van der Waals surface area contributed by atoms with E-state index in [9.17, 15) is 26.4 Å². The predicted octanol–water partition coefficient (Wildman–Crippen LogP) is 5.21. The van der Waals surface area contributed by atoms with Crippen LogP contribution >= 0.6 is 22.9 Å². The summed E-state index contributed by atoms with van der Waals surface area (Å²) < 4.78 is 63.2. The lowest BCUT2D eigenvalue weighted by Crippen LogP contribution is -2.29. The Labute approximate surface area is 185 Å². The van der Waals surface area contributed by atoms with E-state index in [4.69, 9.17) is 11.6 Å². The number of halogens is 4. The summed E-state index contributed by atoms with van der Waals surface area (Å²) in [5, 5.41) is 2.38. The van der Waals surface area contributed by atoms with Crippen LogP contribution in [0.2, 0.25) is 5.02 Å². The summed E-state index contributed by atoms with van der Waals surface area (Å²) in [7, 11) is -5.54. The minimum Gasteiger partial charge on any atom is -0.315 e. The number of thiazole rings is 1. The van der Waals surface area contributed by atoms with E-state index in [1.807, 2.05) is 13.8 Å². The Kier molecular flexibility index (Phi) is 6.49. The highest BCUT2D eigenvalue weighted by Crippen LogP contribution is 2.35. The molecule has 6 nitrogen and oxygen atoms in total. The second kappa shape index (κ2) is 8.64. The summed E-state index contributed by atoms with van der Waals surface area (Å²) in [5.41, 5.74) is -4.24. The van der Waals surface area contributed by atoms with Gasteiger partial charge < -0.3 is 4.57 Å². The first-order valence-electron chi connectivity index (χ1n) is 8.93. The van der Waals surface area contributed by atoms with Crippen LogP contribution in [-0.2, 0) is 16.6 Å². The number of nitrogens with zero attached hydrogens (tertiary/aromatic N) is 2. The molecule has 0 spiro atoms. The Bertz CT molecular complexity index is 1270. The monoisotopic (exact) mass is 491 g/mol.